The van der Waals surface area contributed by atoms with Crippen LogP contribution in [0.4, 0.5) is 24.7 Å². The Hall–Kier alpha value is -4.25. The third-order valence-corrected chi connectivity index (χ3v) is 6.48. The highest BCUT2D eigenvalue weighted by Crippen LogP contribution is 2.31. The lowest BCUT2D eigenvalue weighted by molar-refractivity contribution is -0.138. The van der Waals surface area contributed by atoms with E-state index >= 15 is 0 Å². The molecule has 0 saturated carbocycles. The third kappa shape index (κ3) is 5.20. The first kappa shape index (κ1) is 23.5. The van der Waals surface area contributed by atoms with E-state index in [-0.39, 0.29) is 4.88 Å². The fraction of sp³-hybridized carbons (Fsp3) is 0.120. The summed E-state index contributed by atoms with van der Waals surface area (Å²) < 4.78 is 38.7. The molecule has 0 bridgehead atoms. The number of carbonyl (C=O) groups is 1. The van der Waals surface area contributed by atoms with Crippen molar-refractivity contribution in [3.63, 3.8) is 0 Å². The Morgan fingerprint density at radius 1 is 1.06 bits per heavy atom. The van der Waals surface area contributed by atoms with E-state index in [4.69, 9.17) is 0 Å². The Morgan fingerprint density at radius 3 is 2.56 bits per heavy atom. The maximum absolute atomic E-state index is 12.7. The number of anilines is 2. The normalized spacial score (nSPS) is 11.6. The van der Waals surface area contributed by atoms with Gasteiger partial charge in [-0.15, -0.1) is 11.3 Å². The molecule has 5 rings (SSSR count). The second kappa shape index (κ2) is 9.42. The van der Waals surface area contributed by atoms with E-state index in [1.807, 2.05) is 42.6 Å². The molecule has 0 spiro atoms. The number of H-pyrrole nitrogens is 1. The van der Waals surface area contributed by atoms with Gasteiger partial charge in [-0.1, -0.05) is 24.3 Å². The highest BCUT2D eigenvalue weighted by atomic mass is 32.1. The average Bonchev–Trinajstić information content (AvgIpc) is 3.53. The quantitative estimate of drug-likeness (QED) is 0.288. The van der Waals surface area contributed by atoms with Gasteiger partial charge in [-0.2, -0.15) is 18.3 Å². The van der Waals surface area contributed by atoms with E-state index in [1.54, 1.807) is 30.6 Å². The minimum atomic E-state index is -4.45. The fourth-order valence-electron chi connectivity index (χ4n) is 3.67. The monoisotopic (exact) mass is 508 g/mol. The molecule has 2 aromatic carbocycles. The molecule has 5 aromatic rings. The first-order chi connectivity index (χ1) is 17.2. The Labute approximate surface area is 207 Å². The van der Waals surface area contributed by atoms with Crippen LogP contribution in [-0.2, 0) is 0 Å². The lowest BCUT2D eigenvalue weighted by atomic mass is 10.1. The standard InChI is InChI=1S/C25H19F3N6OS/c1-34(14-25(26,27)28)24(35)21-10-16-2-3-17(11-20(16)36-21)23-29-9-8-22(33-23)32-19-6-4-15(5-7-19)18-12-30-31-13-18/h2-13H,14H2,1H3,(H,30,31)(H,29,32,33). The summed E-state index contributed by atoms with van der Waals surface area (Å²) in [6.07, 6.45) is 0.767. The maximum Gasteiger partial charge on any atom is 0.406 e. The SMILES string of the molecule is CN(CC(F)(F)F)C(=O)c1cc2ccc(-c3nccc(Nc4ccc(-c5cn[nH]c5)cc4)n3)cc2s1. The molecule has 0 aliphatic heterocycles. The lowest BCUT2D eigenvalue weighted by Gasteiger charge is -2.17. The molecule has 7 nitrogen and oxygen atoms in total. The van der Waals surface area contributed by atoms with E-state index in [1.165, 1.54) is 0 Å². The minimum Gasteiger partial charge on any atom is -0.340 e. The zero-order valence-corrected chi connectivity index (χ0v) is 19.7. The second-order valence-electron chi connectivity index (χ2n) is 8.09. The molecular weight excluding hydrogens is 489 g/mol. The molecule has 11 heteroatoms. The smallest absolute Gasteiger partial charge is 0.340 e. The van der Waals surface area contributed by atoms with Gasteiger partial charge in [0.1, 0.15) is 12.4 Å². The predicted octanol–water partition coefficient (Wildman–Crippen LogP) is 6.13. The van der Waals surface area contributed by atoms with Gasteiger partial charge in [-0.25, -0.2) is 9.97 Å². The molecule has 2 N–H and O–H groups in total. The summed E-state index contributed by atoms with van der Waals surface area (Å²) >= 11 is 1.14. The average molecular weight is 509 g/mol. The summed E-state index contributed by atoms with van der Waals surface area (Å²) in [5.41, 5.74) is 3.61. The number of hydrogen-bond acceptors (Lipinski definition) is 6. The van der Waals surface area contributed by atoms with Crippen molar-refractivity contribution in [1.29, 1.82) is 0 Å². The molecule has 0 aliphatic carbocycles. The number of aromatic amines is 1. The van der Waals surface area contributed by atoms with Crippen LogP contribution in [0.2, 0.25) is 0 Å². The van der Waals surface area contributed by atoms with Crippen molar-refractivity contribution in [2.45, 2.75) is 6.18 Å². The molecule has 0 fully saturated rings. The van der Waals surface area contributed by atoms with Crippen LogP contribution in [0.1, 0.15) is 9.67 Å². The zero-order valence-electron chi connectivity index (χ0n) is 18.9. The van der Waals surface area contributed by atoms with Gasteiger partial charge in [0.05, 0.1) is 11.1 Å². The molecule has 3 aromatic heterocycles. The summed E-state index contributed by atoms with van der Waals surface area (Å²) in [6, 6.07) is 16.7. The largest absolute Gasteiger partial charge is 0.406 e. The molecule has 0 atom stereocenters. The highest BCUT2D eigenvalue weighted by molar-refractivity contribution is 7.20. The van der Waals surface area contributed by atoms with Crippen LogP contribution in [0.5, 0.6) is 0 Å². The number of nitrogens with zero attached hydrogens (tertiary/aromatic N) is 4. The summed E-state index contributed by atoms with van der Waals surface area (Å²) in [6.45, 7) is -1.30. The number of nitrogens with one attached hydrogen (secondary N) is 2. The van der Waals surface area contributed by atoms with Gasteiger partial charge < -0.3 is 10.2 Å². The Balaban J connectivity index is 1.34. The van der Waals surface area contributed by atoms with E-state index < -0.39 is 18.6 Å². The molecule has 1 amide bonds. The topological polar surface area (TPSA) is 86.8 Å². The first-order valence-corrected chi connectivity index (χ1v) is 11.6. The van der Waals surface area contributed by atoms with Crippen molar-refractivity contribution in [3.05, 3.63) is 78.1 Å². The number of alkyl halides is 3. The van der Waals surface area contributed by atoms with Crippen LogP contribution < -0.4 is 5.32 Å². The molecule has 0 radical (unpaired) electrons. The first-order valence-electron chi connectivity index (χ1n) is 10.8. The van der Waals surface area contributed by atoms with E-state index in [0.717, 1.165) is 50.8 Å². The Bertz CT molecular complexity index is 1510. The van der Waals surface area contributed by atoms with E-state index in [2.05, 4.69) is 25.5 Å². The van der Waals surface area contributed by atoms with Gasteiger partial charge in [0.15, 0.2) is 5.82 Å². The predicted molar refractivity (Wildman–Crippen MR) is 133 cm³/mol. The minimum absolute atomic E-state index is 0.240. The number of hydrogen-bond donors (Lipinski definition) is 2. The summed E-state index contributed by atoms with van der Waals surface area (Å²) in [5.74, 6) is 0.413. The van der Waals surface area contributed by atoms with Crippen molar-refractivity contribution in [3.8, 4) is 22.5 Å². The van der Waals surface area contributed by atoms with Gasteiger partial charge in [0.2, 0.25) is 0 Å². The van der Waals surface area contributed by atoms with Crippen molar-refractivity contribution in [2.75, 3.05) is 18.9 Å². The second-order valence-corrected chi connectivity index (χ2v) is 9.18. The zero-order chi connectivity index (χ0) is 25.3. The number of amides is 1. The molecule has 0 saturated heterocycles. The number of halogens is 3. The van der Waals surface area contributed by atoms with Crippen LogP contribution in [0.15, 0.2) is 73.2 Å². The molecule has 0 unspecified atom stereocenters. The van der Waals surface area contributed by atoms with Crippen molar-refractivity contribution < 1.29 is 18.0 Å². The number of benzene rings is 2. The van der Waals surface area contributed by atoms with E-state index in [0.29, 0.717) is 16.5 Å². The Kier molecular flexibility index (Phi) is 6.15. The van der Waals surface area contributed by atoms with Crippen LogP contribution in [0.25, 0.3) is 32.6 Å². The Morgan fingerprint density at radius 2 is 1.83 bits per heavy atom. The van der Waals surface area contributed by atoms with Gasteiger partial charge >= 0.3 is 6.18 Å². The number of rotatable bonds is 6. The van der Waals surface area contributed by atoms with Crippen molar-refractivity contribution in [1.82, 2.24) is 25.1 Å². The van der Waals surface area contributed by atoms with Gasteiger partial charge in [-0.05, 0) is 41.3 Å². The molecular formula is C25H19F3N6OS. The maximum atomic E-state index is 12.7. The van der Waals surface area contributed by atoms with Crippen molar-refractivity contribution in [2.24, 2.45) is 0 Å². The summed E-state index contributed by atoms with van der Waals surface area (Å²) in [4.78, 5) is 22.3. The van der Waals surface area contributed by atoms with Gasteiger partial charge in [0.25, 0.3) is 5.91 Å². The lowest BCUT2D eigenvalue weighted by Crippen LogP contribution is -2.35. The fourth-order valence-corrected chi connectivity index (χ4v) is 4.77. The van der Waals surface area contributed by atoms with Crippen LogP contribution >= 0.6 is 11.3 Å². The van der Waals surface area contributed by atoms with Crippen LogP contribution in [0, 0.1) is 0 Å². The van der Waals surface area contributed by atoms with Crippen LogP contribution in [-0.4, -0.2) is 50.7 Å². The van der Waals surface area contributed by atoms with Crippen LogP contribution in [0.3, 0.4) is 0 Å². The number of aromatic nitrogens is 4. The number of carbonyl (C=O) groups excluding carboxylic acids is 1. The van der Waals surface area contributed by atoms with Crippen molar-refractivity contribution >= 4 is 38.8 Å². The molecule has 0 aliphatic rings. The van der Waals surface area contributed by atoms with Gasteiger partial charge in [-0.3, -0.25) is 9.89 Å². The third-order valence-electron chi connectivity index (χ3n) is 5.40. The number of thiophene rings is 1. The molecule has 36 heavy (non-hydrogen) atoms. The summed E-state index contributed by atoms with van der Waals surface area (Å²) in [5, 5.41) is 10.8. The highest BCUT2D eigenvalue weighted by Gasteiger charge is 2.32. The van der Waals surface area contributed by atoms with Gasteiger partial charge in [0, 0.05) is 41.0 Å². The summed E-state index contributed by atoms with van der Waals surface area (Å²) in [7, 11) is 1.14. The number of fused-ring (bicyclic) bond motifs is 1. The molecule has 182 valence electrons. The molecule has 3 heterocycles. The van der Waals surface area contributed by atoms with E-state index in [9.17, 15) is 18.0 Å².